The van der Waals surface area contributed by atoms with Crippen molar-refractivity contribution in [3.63, 3.8) is 0 Å². The average molecular weight is 467 g/mol. The number of amides is 1. The Kier molecular flexibility index (Phi) is 8.34. The summed E-state index contributed by atoms with van der Waals surface area (Å²) in [5.74, 6) is 1.62. The van der Waals surface area contributed by atoms with Crippen LogP contribution >= 0.6 is 0 Å². The Morgan fingerprint density at radius 3 is 1.91 bits per heavy atom. The zero-order valence-electron chi connectivity index (χ0n) is 19.5. The molecule has 0 saturated carbocycles. The third kappa shape index (κ3) is 5.43. The first kappa shape index (κ1) is 25.3. The van der Waals surface area contributed by atoms with Crippen molar-refractivity contribution in [2.45, 2.75) is 18.4 Å². The summed E-state index contributed by atoms with van der Waals surface area (Å²) in [5, 5.41) is 0. The summed E-state index contributed by atoms with van der Waals surface area (Å²) in [4.78, 5) is 14.3. The van der Waals surface area contributed by atoms with Crippen LogP contribution in [0, 0.1) is 6.92 Å². The number of rotatable bonds is 10. The Balaban J connectivity index is 2.16. The maximum atomic E-state index is 12.9. The van der Waals surface area contributed by atoms with Crippen LogP contribution in [-0.4, -0.2) is 72.6 Å². The first-order valence-corrected chi connectivity index (χ1v) is 11.2. The molecule has 0 spiro atoms. The number of methoxy groups -OCH3 is 4. The molecule has 32 heavy (non-hydrogen) atoms. The lowest BCUT2D eigenvalue weighted by Crippen LogP contribution is -2.39. The largest absolute Gasteiger partial charge is 0.496 e. The average Bonchev–Trinajstić information content (AvgIpc) is 2.77. The third-order valence-corrected chi connectivity index (χ3v) is 6.80. The number of hydrogen-bond donors (Lipinski definition) is 0. The lowest BCUT2D eigenvalue weighted by Gasteiger charge is -2.23. The van der Waals surface area contributed by atoms with Gasteiger partial charge in [-0.3, -0.25) is 4.79 Å². The Morgan fingerprint density at radius 2 is 1.44 bits per heavy atom. The van der Waals surface area contributed by atoms with E-state index in [1.165, 1.54) is 52.5 Å². The van der Waals surface area contributed by atoms with Crippen LogP contribution in [0.2, 0.25) is 0 Å². The predicted octanol–water partition coefficient (Wildman–Crippen LogP) is 2.31. The topological polar surface area (TPSA) is 94.6 Å². The standard InChI is InChI=1S/C22H30N2O7S/c1-15-10-17(8-9-18(15)28-4)32(26,27)24(3)14-21(25)23(2)13-16-11-19(29-5)22(31-7)20(12-16)30-6/h8-12H,13-14H2,1-7H3. The fraction of sp³-hybridized carbons (Fsp3) is 0.409. The smallest absolute Gasteiger partial charge is 0.243 e. The van der Waals surface area contributed by atoms with Gasteiger partial charge in [-0.05, 0) is 48.4 Å². The minimum absolute atomic E-state index is 0.0957. The molecule has 2 aromatic rings. The molecule has 9 nitrogen and oxygen atoms in total. The number of carbonyl (C=O) groups is 1. The van der Waals surface area contributed by atoms with Crippen LogP contribution in [0.25, 0.3) is 0 Å². The summed E-state index contributed by atoms with van der Waals surface area (Å²) in [6.07, 6.45) is 0. The summed E-state index contributed by atoms with van der Waals surface area (Å²) in [5.41, 5.74) is 1.43. The van der Waals surface area contributed by atoms with Crippen molar-refractivity contribution in [3.8, 4) is 23.0 Å². The number of benzene rings is 2. The monoisotopic (exact) mass is 466 g/mol. The van der Waals surface area contributed by atoms with Crippen LogP contribution in [0.15, 0.2) is 35.2 Å². The number of ether oxygens (including phenoxy) is 4. The second-order valence-corrected chi connectivity index (χ2v) is 9.22. The Labute approximate surface area is 189 Å². The molecule has 0 unspecified atom stereocenters. The number of nitrogens with zero attached hydrogens (tertiary/aromatic N) is 2. The Hall–Kier alpha value is -2.98. The van der Waals surface area contributed by atoms with E-state index in [9.17, 15) is 13.2 Å². The van der Waals surface area contributed by atoms with E-state index < -0.39 is 10.0 Å². The van der Waals surface area contributed by atoms with Crippen molar-refractivity contribution >= 4 is 15.9 Å². The van der Waals surface area contributed by atoms with Crippen molar-refractivity contribution in [2.24, 2.45) is 0 Å². The Morgan fingerprint density at radius 1 is 0.875 bits per heavy atom. The summed E-state index contributed by atoms with van der Waals surface area (Å²) in [6.45, 7) is 1.67. The molecule has 0 N–H and O–H groups in total. The molecule has 10 heteroatoms. The fourth-order valence-corrected chi connectivity index (χ4v) is 4.38. The maximum absolute atomic E-state index is 12.9. The minimum atomic E-state index is -3.84. The molecule has 0 aromatic heterocycles. The van der Waals surface area contributed by atoms with E-state index in [2.05, 4.69) is 0 Å². The van der Waals surface area contributed by atoms with Gasteiger partial charge in [-0.2, -0.15) is 4.31 Å². The van der Waals surface area contributed by atoms with Gasteiger partial charge in [0.15, 0.2) is 11.5 Å². The molecule has 0 radical (unpaired) electrons. The van der Waals surface area contributed by atoms with Gasteiger partial charge in [0, 0.05) is 20.6 Å². The molecule has 0 bridgehead atoms. The molecule has 0 heterocycles. The van der Waals surface area contributed by atoms with Gasteiger partial charge in [0.2, 0.25) is 21.7 Å². The van der Waals surface area contributed by atoms with Crippen LogP contribution in [-0.2, 0) is 21.4 Å². The lowest BCUT2D eigenvalue weighted by molar-refractivity contribution is -0.130. The molecule has 0 saturated heterocycles. The summed E-state index contributed by atoms with van der Waals surface area (Å²) >= 11 is 0. The number of sulfonamides is 1. The second-order valence-electron chi connectivity index (χ2n) is 7.18. The van der Waals surface area contributed by atoms with Crippen LogP contribution in [0.3, 0.4) is 0 Å². The van der Waals surface area contributed by atoms with Crippen LogP contribution in [0.4, 0.5) is 0 Å². The Bertz CT molecular complexity index is 1040. The van der Waals surface area contributed by atoms with Crippen molar-refractivity contribution in [3.05, 3.63) is 41.5 Å². The van der Waals surface area contributed by atoms with Crippen molar-refractivity contribution in [1.82, 2.24) is 9.21 Å². The highest BCUT2D eigenvalue weighted by atomic mass is 32.2. The molecular weight excluding hydrogens is 436 g/mol. The summed E-state index contributed by atoms with van der Waals surface area (Å²) in [6, 6.07) is 8.06. The SMILES string of the molecule is COc1ccc(S(=O)(=O)N(C)CC(=O)N(C)Cc2cc(OC)c(OC)c(OC)c2)cc1C. The van der Waals surface area contributed by atoms with Gasteiger partial charge in [0.1, 0.15) is 5.75 Å². The van der Waals surface area contributed by atoms with E-state index in [4.69, 9.17) is 18.9 Å². The number of aryl methyl sites for hydroxylation is 1. The minimum Gasteiger partial charge on any atom is -0.496 e. The fourth-order valence-electron chi connectivity index (χ4n) is 3.18. The molecule has 176 valence electrons. The van der Waals surface area contributed by atoms with Crippen LogP contribution < -0.4 is 18.9 Å². The second kappa shape index (κ2) is 10.6. The highest BCUT2D eigenvalue weighted by molar-refractivity contribution is 7.89. The predicted molar refractivity (Wildman–Crippen MR) is 120 cm³/mol. The van der Waals surface area contributed by atoms with E-state index >= 15 is 0 Å². The first-order chi connectivity index (χ1) is 15.1. The van der Waals surface area contributed by atoms with E-state index in [1.807, 2.05) is 0 Å². The number of hydrogen-bond acceptors (Lipinski definition) is 7. The number of carbonyl (C=O) groups excluding carboxylic acids is 1. The van der Waals surface area contributed by atoms with Gasteiger partial charge in [0.05, 0.1) is 39.9 Å². The van der Waals surface area contributed by atoms with Gasteiger partial charge in [-0.1, -0.05) is 0 Å². The van der Waals surface area contributed by atoms with E-state index in [1.54, 1.807) is 32.2 Å². The normalized spacial score (nSPS) is 11.2. The van der Waals surface area contributed by atoms with Crippen molar-refractivity contribution < 1.29 is 32.2 Å². The van der Waals surface area contributed by atoms with Crippen LogP contribution in [0.5, 0.6) is 23.0 Å². The third-order valence-electron chi connectivity index (χ3n) is 5.00. The molecule has 0 aliphatic carbocycles. The van der Waals surface area contributed by atoms with E-state index in [0.29, 0.717) is 28.6 Å². The molecule has 2 aromatic carbocycles. The highest BCUT2D eigenvalue weighted by Gasteiger charge is 2.25. The van der Waals surface area contributed by atoms with Gasteiger partial charge < -0.3 is 23.8 Å². The lowest BCUT2D eigenvalue weighted by atomic mass is 10.1. The van der Waals surface area contributed by atoms with Gasteiger partial charge in [-0.15, -0.1) is 0 Å². The van der Waals surface area contributed by atoms with Crippen molar-refractivity contribution in [1.29, 1.82) is 0 Å². The van der Waals surface area contributed by atoms with Gasteiger partial charge in [0.25, 0.3) is 0 Å². The van der Waals surface area contributed by atoms with E-state index in [0.717, 1.165) is 9.87 Å². The van der Waals surface area contributed by atoms with Gasteiger partial charge in [-0.25, -0.2) is 8.42 Å². The molecule has 0 fully saturated rings. The summed E-state index contributed by atoms with van der Waals surface area (Å²) < 4.78 is 48.0. The molecular formula is C22H30N2O7S. The summed E-state index contributed by atoms with van der Waals surface area (Å²) in [7, 11) is 5.18. The zero-order valence-corrected chi connectivity index (χ0v) is 20.3. The van der Waals surface area contributed by atoms with Crippen molar-refractivity contribution in [2.75, 3.05) is 49.1 Å². The molecule has 0 atom stereocenters. The maximum Gasteiger partial charge on any atom is 0.243 e. The molecule has 0 aliphatic heterocycles. The van der Waals surface area contributed by atoms with Gasteiger partial charge >= 0.3 is 0 Å². The number of likely N-dealkylation sites (N-methyl/N-ethyl adjacent to an activating group) is 2. The molecule has 2 rings (SSSR count). The molecule has 1 amide bonds. The highest BCUT2D eigenvalue weighted by Crippen LogP contribution is 2.38. The van der Waals surface area contributed by atoms with E-state index in [-0.39, 0.29) is 23.9 Å². The molecule has 0 aliphatic rings. The quantitative estimate of drug-likeness (QED) is 0.530. The zero-order chi connectivity index (χ0) is 24.1. The first-order valence-electron chi connectivity index (χ1n) is 9.72. The van der Waals surface area contributed by atoms with Crippen LogP contribution in [0.1, 0.15) is 11.1 Å².